The number of rotatable bonds is 5. The maximum absolute atomic E-state index is 14.5. The van der Waals surface area contributed by atoms with Crippen LogP contribution in [0.3, 0.4) is 0 Å². The highest BCUT2D eigenvalue weighted by molar-refractivity contribution is 6.30. The average molecular weight is 474 g/mol. The lowest BCUT2D eigenvalue weighted by atomic mass is 9.98. The van der Waals surface area contributed by atoms with Gasteiger partial charge < -0.3 is 4.74 Å². The predicted molar refractivity (Wildman–Crippen MR) is 131 cm³/mol. The molecule has 1 amide bonds. The van der Waals surface area contributed by atoms with Crippen LogP contribution >= 0.6 is 11.6 Å². The second-order valence-corrected chi connectivity index (χ2v) is 8.25. The highest BCUT2D eigenvalue weighted by Crippen LogP contribution is 2.39. The first-order valence-corrected chi connectivity index (χ1v) is 11.4. The Kier molecular flexibility index (Phi) is 5.99. The van der Waals surface area contributed by atoms with Crippen molar-refractivity contribution in [2.45, 2.75) is 19.4 Å². The van der Waals surface area contributed by atoms with E-state index < -0.39 is 17.8 Å². The SMILES string of the molecule is CCOc1cccc2cc([C@H]3CC(c4ccccc4)=NN3C(=O)c3ccccc3F)c(Cl)nc12. The Balaban J connectivity index is 1.61. The Hall–Kier alpha value is -3.77. The van der Waals surface area contributed by atoms with Crippen molar-refractivity contribution in [3.05, 3.63) is 107 Å². The zero-order valence-corrected chi connectivity index (χ0v) is 19.2. The monoisotopic (exact) mass is 473 g/mol. The van der Waals surface area contributed by atoms with Crippen LogP contribution in [0.1, 0.15) is 40.9 Å². The molecule has 5 nitrogen and oxygen atoms in total. The molecule has 2 heterocycles. The Bertz CT molecular complexity index is 1410. The first-order valence-electron chi connectivity index (χ1n) is 11.0. The number of carbonyl (C=O) groups excluding carboxylic acids is 1. The van der Waals surface area contributed by atoms with Gasteiger partial charge in [0.2, 0.25) is 0 Å². The standard InChI is InChI=1S/C27H21ClFN3O2/c1-2-34-24-14-8-11-18-15-20(26(28)30-25(18)24)23-16-22(17-9-4-3-5-10-17)31-32(23)27(33)19-12-6-7-13-21(19)29/h3-15,23H,2,16H2,1H3/t23-/m1/s1. The number of ether oxygens (including phenoxy) is 1. The third-order valence-corrected chi connectivity index (χ3v) is 6.08. The second kappa shape index (κ2) is 9.23. The lowest BCUT2D eigenvalue weighted by Gasteiger charge is -2.23. The number of hydrogen-bond donors (Lipinski definition) is 0. The van der Waals surface area contributed by atoms with Crippen molar-refractivity contribution < 1.29 is 13.9 Å². The maximum Gasteiger partial charge on any atom is 0.277 e. The van der Waals surface area contributed by atoms with Crippen molar-refractivity contribution in [3.63, 3.8) is 0 Å². The topological polar surface area (TPSA) is 54.8 Å². The van der Waals surface area contributed by atoms with Gasteiger partial charge in [-0.15, -0.1) is 0 Å². The molecule has 4 aromatic rings. The average Bonchev–Trinajstić information content (AvgIpc) is 3.30. The number of aromatic nitrogens is 1. The zero-order valence-electron chi connectivity index (χ0n) is 18.4. The van der Waals surface area contributed by atoms with E-state index in [0.717, 1.165) is 16.7 Å². The van der Waals surface area contributed by atoms with E-state index in [4.69, 9.17) is 16.3 Å². The molecule has 0 saturated carbocycles. The molecule has 1 aliphatic rings. The number of pyridine rings is 1. The van der Waals surface area contributed by atoms with E-state index in [0.29, 0.717) is 29.9 Å². The fourth-order valence-corrected chi connectivity index (χ4v) is 4.44. The number of fused-ring (bicyclic) bond motifs is 1. The fraction of sp³-hybridized carbons (Fsp3) is 0.148. The highest BCUT2D eigenvalue weighted by atomic mass is 35.5. The van der Waals surface area contributed by atoms with Crippen molar-refractivity contribution in [3.8, 4) is 5.75 Å². The molecular formula is C27H21ClFN3O2. The lowest BCUT2D eigenvalue weighted by molar-refractivity contribution is 0.0706. The summed E-state index contributed by atoms with van der Waals surface area (Å²) in [6.45, 7) is 2.41. The normalized spacial score (nSPS) is 15.4. The second-order valence-electron chi connectivity index (χ2n) is 7.89. The third-order valence-electron chi connectivity index (χ3n) is 5.78. The molecule has 0 bridgehead atoms. The highest BCUT2D eigenvalue weighted by Gasteiger charge is 2.36. The first-order chi connectivity index (χ1) is 16.6. The minimum atomic E-state index is -0.598. The lowest BCUT2D eigenvalue weighted by Crippen LogP contribution is -2.28. The van der Waals surface area contributed by atoms with E-state index in [-0.39, 0.29) is 10.7 Å². The van der Waals surface area contributed by atoms with Crippen LogP contribution in [0.5, 0.6) is 5.75 Å². The molecule has 0 saturated heterocycles. The smallest absolute Gasteiger partial charge is 0.277 e. The quantitative estimate of drug-likeness (QED) is 0.314. The van der Waals surface area contributed by atoms with Crippen LogP contribution in [0.25, 0.3) is 10.9 Å². The van der Waals surface area contributed by atoms with E-state index in [2.05, 4.69) is 10.1 Å². The number of carbonyl (C=O) groups is 1. The molecule has 0 radical (unpaired) electrons. The van der Waals surface area contributed by atoms with E-state index in [1.807, 2.05) is 61.5 Å². The number of hydrazone groups is 1. The van der Waals surface area contributed by atoms with Gasteiger partial charge in [-0.25, -0.2) is 14.4 Å². The summed E-state index contributed by atoms with van der Waals surface area (Å²) in [6.07, 6.45) is 0.419. The van der Waals surface area contributed by atoms with Gasteiger partial charge >= 0.3 is 0 Å². The summed E-state index contributed by atoms with van der Waals surface area (Å²) in [5, 5.41) is 7.03. The molecule has 1 atom stereocenters. The molecule has 0 N–H and O–H groups in total. The van der Waals surface area contributed by atoms with Crippen LogP contribution in [-0.4, -0.2) is 28.2 Å². The van der Waals surface area contributed by atoms with Gasteiger partial charge in [0.1, 0.15) is 22.2 Å². The molecule has 1 aromatic heterocycles. The molecule has 5 rings (SSSR count). The summed E-state index contributed by atoms with van der Waals surface area (Å²) in [5.41, 5.74) is 2.85. The van der Waals surface area contributed by atoms with Crippen LogP contribution in [0.4, 0.5) is 4.39 Å². The molecule has 0 spiro atoms. The van der Waals surface area contributed by atoms with Crippen LogP contribution in [0.2, 0.25) is 5.15 Å². The molecule has 1 aliphatic heterocycles. The van der Waals surface area contributed by atoms with Gasteiger partial charge in [-0.1, -0.05) is 66.2 Å². The summed E-state index contributed by atoms with van der Waals surface area (Å²) in [6, 6.07) is 22.5. The van der Waals surface area contributed by atoms with Crippen LogP contribution < -0.4 is 4.74 Å². The number of para-hydroxylation sites is 1. The van der Waals surface area contributed by atoms with Crippen molar-refractivity contribution >= 4 is 34.1 Å². The van der Waals surface area contributed by atoms with Gasteiger partial charge in [0.15, 0.2) is 0 Å². The summed E-state index contributed by atoms with van der Waals surface area (Å²) < 4.78 is 20.2. The van der Waals surface area contributed by atoms with Crippen LogP contribution in [0.15, 0.2) is 84.0 Å². The van der Waals surface area contributed by atoms with Crippen LogP contribution in [0, 0.1) is 5.82 Å². The van der Waals surface area contributed by atoms with E-state index in [1.165, 1.54) is 17.1 Å². The number of hydrogen-bond acceptors (Lipinski definition) is 4. The minimum Gasteiger partial charge on any atom is -0.492 e. The molecular weight excluding hydrogens is 453 g/mol. The largest absolute Gasteiger partial charge is 0.492 e. The van der Waals surface area contributed by atoms with Crippen molar-refractivity contribution in [1.29, 1.82) is 0 Å². The predicted octanol–water partition coefficient (Wildman–Crippen LogP) is 6.42. The van der Waals surface area contributed by atoms with E-state index in [9.17, 15) is 9.18 Å². The molecule has 0 fully saturated rings. The fourth-order valence-electron chi connectivity index (χ4n) is 4.17. The summed E-state index contributed by atoms with van der Waals surface area (Å²) >= 11 is 6.67. The molecule has 0 aliphatic carbocycles. The maximum atomic E-state index is 14.5. The van der Waals surface area contributed by atoms with Crippen molar-refractivity contribution in [1.82, 2.24) is 9.99 Å². The molecule has 7 heteroatoms. The molecule has 0 unspecified atom stereocenters. The summed E-state index contributed by atoms with van der Waals surface area (Å²) in [7, 11) is 0. The van der Waals surface area contributed by atoms with E-state index in [1.54, 1.807) is 12.1 Å². The van der Waals surface area contributed by atoms with Crippen molar-refractivity contribution in [2.24, 2.45) is 5.10 Å². The molecule has 3 aromatic carbocycles. The van der Waals surface area contributed by atoms with Gasteiger partial charge in [0, 0.05) is 17.4 Å². The van der Waals surface area contributed by atoms with Gasteiger partial charge in [0.05, 0.1) is 23.9 Å². The number of benzene rings is 3. The van der Waals surface area contributed by atoms with Gasteiger partial charge in [-0.2, -0.15) is 5.10 Å². The van der Waals surface area contributed by atoms with Crippen molar-refractivity contribution in [2.75, 3.05) is 6.61 Å². The van der Waals surface area contributed by atoms with Crippen LogP contribution in [-0.2, 0) is 0 Å². The summed E-state index contributed by atoms with van der Waals surface area (Å²) in [4.78, 5) is 18.0. The zero-order chi connectivity index (χ0) is 23.7. The number of nitrogens with zero attached hydrogens (tertiary/aromatic N) is 3. The first kappa shape index (κ1) is 22.0. The van der Waals surface area contributed by atoms with Gasteiger partial charge in [0.25, 0.3) is 5.91 Å². The number of amides is 1. The number of halogens is 2. The Labute approximate surface area is 201 Å². The molecule has 170 valence electrons. The third kappa shape index (κ3) is 4.01. The Morgan fingerprint density at radius 2 is 1.85 bits per heavy atom. The van der Waals surface area contributed by atoms with Gasteiger partial charge in [-0.3, -0.25) is 4.79 Å². The van der Waals surface area contributed by atoms with Gasteiger partial charge in [-0.05, 0) is 36.8 Å². The molecule has 34 heavy (non-hydrogen) atoms. The minimum absolute atomic E-state index is 0.0472. The summed E-state index contributed by atoms with van der Waals surface area (Å²) in [5.74, 6) is -0.493. The van der Waals surface area contributed by atoms with E-state index >= 15 is 0 Å². The Morgan fingerprint density at radius 1 is 1.09 bits per heavy atom. The Morgan fingerprint density at radius 3 is 2.62 bits per heavy atom.